The first-order valence-corrected chi connectivity index (χ1v) is 7.20. The Labute approximate surface area is 126 Å². The van der Waals surface area contributed by atoms with E-state index in [4.69, 9.17) is 4.74 Å². The summed E-state index contributed by atoms with van der Waals surface area (Å²) in [5, 5.41) is 9.42. The molecule has 0 heterocycles. The van der Waals surface area contributed by atoms with Gasteiger partial charge in [-0.15, -0.1) is 0 Å². The van der Waals surface area contributed by atoms with Crippen LogP contribution < -0.4 is 4.74 Å². The third kappa shape index (κ3) is 3.57. The summed E-state index contributed by atoms with van der Waals surface area (Å²) >= 11 is 0. The van der Waals surface area contributed by atoms with Gasteiger partial charge in [-0.25, -0.2) is 4.79 Å². The van der Waals surface area contributed by atoms with E-state index in [0.29, 0.717) is 6.61 Å². The van der Waals surface area contributed by atoms with E-state index >= 15 is 0 Å². The van der Waals surface area contributed by atoms with E-state index in [1.807, 2.05) is 45.0 Å². The topological polar surface area (TPSA) is 49.8 Å². The molecule has 0 bridgehead atoms. The van der Waals surface area contributed by atoms with Gasteiger partial charge < -0.3 is 9.84 Å². The van der Waals surface area contributed by atoms with E-state index < -0.39 is 6.09 Å². The molecule has 114 valence electrons. The molecular formula is C17H23NO3. The molecule has 1 N–H and O–H groups in total. The molecule has 1 aliphatic rings. The molecule has 4 nitrogen and oxygen atoms in total. The summed E-state index contributed by atoms with van der Waals surface area (Å²) in [5.41, 5.74) is 0.791. The number of hydrogen-bond donors (Lipinski definition) is 1. The summed E-state index contributed by atoms with van der Waals surface area (Å²) in [6, 6.07) is 7.96. The number of carboxylic acid groups (broad SMARTS) is 1. The monoisotopic (exact) mass is 289 g/mol. The van der Waals surface area contributed by atoms with Crippen molar-refractivity contribution in [3.8, 4) is 5.75 Å². The van der Waals surface area contributed by atoms with Crippen molar-refractivity contribution in [2.24, 2.45) is 0 Å². The van der Waals surface area contributed by atoms with Gasteiger partial charge in [-0.05, 0) is 44.9 Å². The fourth-order valence-electron chi connectivity index (χ4n) is 2.72. The molecule has 2 rings (SSSR count). The van der Waals surface area contributed by atoms with Crippen LogP contribution in [-0.4, -0.2) is 34.3 Å². The first-order chi connectivity index (χ1) is 9.84. The SMILES string of the molecule is C=CCOc1ccc([C@@H]2C[C@H]2N(C(=O)O)C(C)(C)C)cc1. The van der Waals surface area contributed by atoms with E-state index in [9.17, 15) is 9.90 Å². The number of hydrogen-bond acceptors (Lipinski definition) is 2. The highest BCUT2D eigenvalue weighted by Crippen LogP contribution is 2.47. The van der Waals surface area contributed by atoms with Crippen molar-refractivity contribution in [2.75, 3.05) is 6.61 Å². The van der Waals surface area contributed by atoms with Gasteiger partial charge in [-0.3, -0.25) is 4.90 Å². The molecule has 0 spiro atoms. The van der Waals surface area contributed by atoms with Crippen molar-refractivity contribution in [1.82, 2.24) is 4.90 Å². The Kier molecular flexibility index (Phi) is 4.26. The number of nitrogens with zero attached hydrogens (tertiary/aromatic N) is 1. The Hall–Kier alpha value is -1.97. The van der Waals surface area contributed by atoms with Crippen LogP contribution in [0.15, 0.2) is 36.9 Å². The van der Waals surface area contributed by atoms with Gasteiger partial charge in [0.15, 0.2) is 0 Å². The second-order valence-corrected chi connectivity index (χ2v) is 6.40. The second kappa shape index (κ2) is 5.80. The molecule has 1 saturated carbocycles. The van der Waals surface area contributed by atoms with E-state index in [2.05, 4.69) is 6.58 Å². The van der Waals surface area contributed by atoms with Crippen molar-refractivity contribution in [1.29, 1.82) is 0 Å². The smallest absolute Gasteiger partial charge is 0.408 e. The van der Waals surface area contributed by atoms with Crippen LogP contribution in [0.3, 0.4) is 0 Å². The van der Waals surface area contributed by atoms with Crippen LogP contribution in [-0.2, 0) is 0 Å². The Morgan fingerprint density at radius 2 is 2.05 bits per heavy atom. The van der Waals surface area contributed by atoms with Crippen molar-refractivity contribution in [3.05, 3.63) is 42.5 Å². The summed E-state index contributed by atoms with van der Waals surface area (Å²) in [5.74, 6) is 1.09. The van der Waals surface area contributed by atoms with Crippen LogP contribution in [0.4, 0.5) is 4.79 Å². The van der Waals surface area contributed by atoms with E-state index in [1.54, 1.807) is 11.0 Å². The minimum absolute atomic E-state index is 0.0717. The van der Waals surface area contributed by atoms with Gasteiger partial charge in [0.2, 0.25) is 0 Å². The highest BCUT2D eigenvalue weighted by Gasteiger charge is 2.48. The van der Waals surface area contributed by atoms with E-state index in [0.717, 1.165) is 12.2 Å². The lowest BCUT2D eigenvalue weighted by Gasteiger charge is -2.33. The van der Waals surface area contributed by atoms with Gasteiger partial charge in [0, 0.05) is 17.5 Å². The van der Waals surface area contributed by atoms with Crippen LogP contribution >= 0.6 is 0 Å². The van der Waals surface area contributed by atoms with Crippen LogP contribution in [0.5, 0.6) is 5.75 Å². The standard InChI is InChI=1S/C17H23NO3/c1-5-10-21-13-8-6-12(7-9-13)14-11-15(14)18(16(19)20)17(2,3)4/h5-9,14-15H,1,10-11H2,2-4H3,(H,19,20)/t14-,15+/m0/s1. The molecule has 1 aliphatic carbocycles. The van der Waals surface area contributed by atoms with Gasteiger partial charge in [-0.2, -0.15) is 0 Å². The average Bonchev–Trinajstić information content (AvgIpc) is 3.14. The largest absolute Gasteiger partial charge is 0.490 e. The van der Waals surface area contributed by atoms with Crippen LogP contribution in [0.2, 0.25) is 0 Å². The van der Waals surface area contributed by atoms with Gasteiger partial charge in [0.05, 0.1) is 0 Å². The molecule has 1 aromatic carbocycles. The van der Waals surface area contributed by atoms with Crippen molar-refractivity contribution in [2.45, 2.75) is 44.7 Å². The molecule has 0 unspecified atom stereocenters. The fraction of sp³-hybridized carbons (Fsp3) is 0.471. The summed E-state index contributed by atoms with van der Waals surface area (Å²) in [6.07, 6.45) is 1.75. The summed E-state index contributed by atoms with van der Waals surface area (Å²) in [6.45, 7) is 9.90. The van der Waals surface area contributed by atoms with E-state index in [1.165, 1.54) is 5.56 Å². The summed E-state index contributed by atoms with van der Waals surface area (Å²) in [7, 11) is 0. The molecule has 4 heteroatoms. The van der Waals surface area contributed by atoms with Gasteiger partial charge in [-0.1, -0.05) is 24.8 Å². The predicted molar refractivity (Wildman–Crippen MR) is 82.9 cm³/mol. The predicted octanol–water partition coefficient (Wildman–Crippen LogP) is 3.89. The Balaban J connectivity index is 2.05. The van der Waals surface area contributed by atoms with Gasteiger partial charge >= 0.3 is 6.09 Å². The quantitative estimate of drug-likeness (QED) is 0.837. The van der Waals surface area contributed by atoms with Crippen molar-refractivity contribution < 1.29 is 14.6 Å². The molecular weight excluding hydrogens is 266 g/mol. The average molecular weight is 289 g/mol. The highest BCUT2D eigenvalue weighted by molar-refractivity contribution is 5.67. The first-order valence-electron chi connectivity index (χ1n) is 7.20. The minimum atomic E-state index is -0.846. The van der Waals surface area contributed by atoms with Crippen LogP contribution in [0.25, 0.3) is 0 Å². The Bertz CT molecular complexity index is 516. The van der Waals surface area contributed by atoms with Gasteiger partial charge in [0.1, 0.15) is 12.4 Å². The molecule has 0 aromatic heterocycles. The molecule has 1 amide bonds. The summed E-state index contributed by atoms with van der Waals surface area (Å²) in [4.78, 5) is 13.0. The van der Waals surface area contributed by atoms with Crippen molar-refractivity contribution in [3.63, 3.8) is 0 Å². The molecule has 1 fully saturated rings. The number of carbonyl (C=O) groups is 1. The lowest BCUT2D eigenvalue weighted by atomic mass is 10.1. The molecule has 0 saturated heterocycles. The lowest BCUT2D eigenvalue weighted by molar-refractivity contribution is 0.0940. The molecule has 0 aliphatic heterocycles. The minimum Gasteiger partial charge on any atom is -0.490 e. The molecule has 1 aromatic rings. The molecule has 0 radical (unpaired) electrons. The zero-order valence-corrected chi connectivity index (χ0v) is 12.9. The Morgan fingerprint density at radius 1 is 1.43 bits per heavy atom. The Morgan fingerprint density at radius 3 is 2.52 bits per heavy atom. The second-order valence-electron chi connectivity index (χ2n) is 6.40. The first kappa shape index (κ1) is 15.4. The lowest BCUT2D eigenvalue weighted by Crippen LogP contribution is -2.46. The summed E-state index contributed by atoms with van der Waals surface area (Å²) < 4.78 is 5.45. The zero-order valence-electron chi connectivity index (χ0n) is 12.9. The highest BCUT2D eigenvalue weighted by atomic mass is 16.5. The molecule has 21 heavy (non-hydrogen) atoms. The van der Waals surface area contributed by atoms with Crippen LogP contribution in [0.1, 0.15) is 38.7 Å². The third-order valence-corrected chi connectivity index (χ3v) is 3.69. The molecule has 2 atom stereocenters. The maximum absolute atomic E-state index is 11.5. The number of rotatable bonds is 5. The zero-order chi connectivity index (χ0) is 15.6. The van der Waals surface area contributed by atoms with Crippen molar-refractivity contribution >= 4 is 6.09 Å². The third-order valence-electron chi connectivity index (χ3n) is 3.69. The van der Waals surface area contributed by atoms with Crippen LogP contribution in [0, 0.1) is 0 Å². The van der Waals surface area contributed by atoms with Gasteiger partial charge in [0.25, 0.3) is 0 Å². The fourth-order valence-corrected chi connectivity index (χ4v) is 2.72. The maximum atomic E-state index is 11.5. The number of benzene rings is 1. The number of amides is 1. The maximum Gasteiger partial charge on any atom is 0.408 e. The normalized spacial score (nSPS) is 20.7. The van der Waals surface area contributed by atoms with E-state index in [-0.39, 0.29) is 17.5 Å². The number of ether oxygens (including phenoxy) is 1.